The maximum atomic E-state index is 11.4. The summed E-state index contributed by atoms with van der Waals surface area (Å²) in [6.07, 6.45) is 6.72. The van der Waals surface area contributed by atoms with Gasteiger partial charge in [-0.05, 0) is 11.6 Å². The van der Waals surface area contributed by atoms with E-state index in [1.165, 1.54) is 12.3 Å². The second kappa shape index (κ2) is 4.79. The average molecular weight is 214 g/mol. The van der Waals surface area contributed by atoms with Crippen molar-refractivity contribution in [1.82, 2.24) is 0 Å². The Balaban J connectivity index is 2.08. The molecule has 0 saturated carbocycles. The molecule has 16 heavy (non-hydrogen) atoms. The zero-order valence-electron chi connectivity index (χ0n) is 9.17. The number of rotatable bonds is 2. The molecule has 2 heteroatoms. The van der Waals surface area contributed by atoms with Gasteiger partial charge < -0.3 is 4.74 Å². The van der Waals surface area contributed by atoms with E-state index >= 15 is 0 Å². The number of ether oxygens (including phenoxy) is 1. The van der Waals surface area contributed by atoms with Crippen molar-refractivity contribution in [2.75, 3.05) is 0 Å². The van der Waals surface area contributed by atoms with E-state index in [2.05, 4.69) is 0 Å². The second-order valence-electron chi connectivity index (χ2n) is 3.86. The van der Waals surface area contributed by atoms with Crippen molar-refractivity contribution < 1.29 is 9.53 Å². The minimum atomic E-state index is -0.155. The van der Waals surface area contributed by atoms with Crippen molar-refractivity contribution in [3.8, 4) is 0 Å². The Bertz CT molecular complexity index is 418. The zero-order valence-corrected chi connectivity index (χ0v) is 9.17. The minimum absolute atomic E-state index is 0.107. The molecule has 1 aromatic carbocycles. The summed E-state index contributed by atoms with van der Waals surface area (Å²) >= 11 is 0. The fourth-order valence-corrected chi connectivity index (χ4v) is 1.61. The number of hydrogen-bond donors (Lipinski definition) is 0. The molecular weight excluding hydrogens is 200 g/mol. The molecule has 1 aliphatic heterocycles. The summed E-state index contributed by atoms with van der Waals surface area (Å²) < 4.78 is 5.39. The summed E-state index contributed by atoms with van der Waals surface area (Å²) in [5.74, 6) is 0.0129. The summed E-state index contributed by atoms with van der Waals surface area (Å²) in [6.45, 7) is 1.88. The van der Waals surface area contributed by atoms with Crippen molar-refractivity contribution in [1.29, 1.82) is 0 Å². The predicted molar refractivity (Wildman–Crippen MR) is 63.7 cm³/mol. The van der Waals surface area contributed by atoms with E-state index in [1.807, 2.05) is 49.4 Å². The Morgan fingerprint density at radius 2 is 2.00 bits per heavy atom. The molecule has 0 fully saturated rings. The molecule has 2 atom stereocenters. The number of hydrogen-bond acceptors (Lipinski definition) is 2. The van der Waals surface area contributed by atoms with Crippen molar-refractivity contribution in [2.24, 2.45) is 5.92 Å². The Hall–Kier alpha value is -1.83. The topological polar surface area (TPSA) is 26.3 Å². The molecule has 0 N–H and O–H groups in total. The lowest BCUT2D eigenvalue weighted by Crippen LogP contribution is -2.27. The first-order valence-electron chi connectivity index (χ1n) is 5.36. The van der Waals surface area contributed by atoms with Crippen LogP contribution >= 0.6 is 0 Å². The van der Waals surface area contributed by atoms with Gasteiger partial charge in [0.15, 0.2) is 5.78 Å². The quantitative estimate of drug-likeness (QED) is 0.756. The summed E-state index contributed by atoms with van der Waals surface area (Å²) in [4.78, 5) is 11.4. The van der Waals surface area contributed by atoms with Crippen LogP contribution in [0.15, 0.2) is 48.7 Å². The smallest absolute Gasteiger partial charge is 0.165 e. The summed E-state index contributed by atoms with van der Waals surface area (Å²) in [5, 5.41) is 0. The molecule has 1 heterocycles. The van der Waals surface area contributed by atoms with E-state index in [4.69, 9.17) is 4.74 Å². The SMILES string of the molecule is C[C@H]1C(=O)C=CO[C@H]1/C=C/c1ccccc1. The molecular formula is C14H14O2. The molecule has 0 bridgehead atoms. The molecule has 0 radical (unpaired) electrons. The van der Waals surface area contributed by atoms with Gasteiger partial charge in [0.05, 0.1) is 12.2 Å². The number of carbonyl (C=O) groups is 1. The van der Waals surface area contributed by atoms with Crippen LogP contribution in [0.3, 0.4) is 0 Å². The van der Waals surface area contributed by atoms with Crippen LogP contribution in [-0.2, 0) is 9.53 Å². The molecule has 2 rings (SSSR count). The van der Waals surface area contributed by atoms with Crippen LogP contribution in [0.25, 0.3) is 6.08 Å². The summed E-state index contributed by atoms with van der Waals surface area (Å²) in [6, 6.07) is 9.97. The fraction of sp³-hybridized carbons (Fsp3) is 0.214. The molecule has 1 aliphatic rings. The lowest BCUT2D eigenvalue weighted by atomic mass is 9.97. The molecule has 82 valence electrons. The van der Waals surface area contributed by atoms with E-state index in [1.54, 1.807) is 0 Å². The third-order valence-corrected chi connectivity index (χ3v) is 2.69. The Labute approximate surface area is 95.2 Å². The van der Waals surface area contributed by atoms with Gasteiger partial charge in [-0.25, -0.2) is 0 Å². The average Bonchev–Trinajstić information content (AvgIpc) is 2.32. The number of ketones is 1. The maximum absolute atomic E-state index is 11.4. The van der Waals surface area contributed by atoms with Gasteiger partial charge in [0.2, 0.25) is 0 Å². The first kappa shape index (κ1) is 10.7. The molecule has 0 amide bonds. The Morgan fingerprint density at radius 1 is 1.25 bits per heavy atom. The van der Waals surface area contributed by atoms with Crippen molar-refractivity contribution >= 4 is 11.9 Å². The van der Waals surface area contributed by atoms with E-state index < -0.39 is 0 Å². The van der Waals surface area contributed by atoms with Crippen LogP contribution in [0, 0.1) is 5.92 Å². The summed E-state index contributed by atoms with van der Waals surface area (Å²) in [5.41, 5.74) is 1.11. The van der Waals surface area contributed by atoms with E-state index in [0.29, 0.717) is 0 Å². The van der Waals surface area contributed by atoms with Gasteiger partial charge in [0.25, 0.3) is 0 Å². The van der Waals surface area contributed by atoms with E-state index in [9.17, 15) is 4.79 Å². The normalized spacial score (nSPS) is 24.7. The van der Waals surface area contributed by atoms with Gasteiger partial charge in [-0.3, -0.25) is 4.79 Å². The largest absolute Gasteiger partial charge is 0.493 e. The van der Waals surface area contributed by atoms with E-state index in [-0.39, 0.29) is 17.8 Å². The van der Waals surface area contributed by atoms with Crippen LogP contribution in [0.2, 0.25) is 0 Å². The van der Waals surface area contributed by atoms with Crippen molar-refractivity contribution in [3.05, 3.63) is 54.3 Å². The van der Waals surface area contributed by atoms with Gasteiger partial charge in [-0.2, -0.15) is 0 Å². The minimum Gasteiger partial charge on any atom is -0.493 e. The highest BCUT2D eigenvalue weighted by atomic mass is 16.5. The van der Waals surface area contributed by atoms with Crippen LogP contribution in [-0.4, -0.2) is 11.9 Å². The van der Waals surface area contributed by atoms with Gasteiger partial charge in [0.1, 0.15) is 6.10 Å². The fourth-order valence-electron chi connectivity index (χ4n) is 1.61. The molecule has 1 aromatic rings. The highest BCUT2D eigenvalue weighted by Gasteiger charge is 2.23. The molecule has 0 aliphatic carbocycles. The number of carbonyl (C=O) groups excluding carboxylic acids is 1. The molecule has 0 aromatic heterocycles. The highest BCUT2D eigenvalue weighted by molar-refractivity contribution is 5.92. The first-order chi connectivity index (χ1) is 7.77. The lowest BCUT2D eigenvalue weighted by Gasteiger charge is -2.21. The zero-order chi connectivity index (χ0) is 11.4. The van der Waals surface area contributed by atoms with Gasteiger partial charge in [-0.1, -0.05) is 43.3 Å². The standard InChI is InChI=1S/C14H14O2/c1-11-13(15)9-10-16-14(11)8-7-12-5-3-2-4-6-12/h2-11,14H,1H3/b8-7+/t11-,14-/m0/s1. The lowest BCUT2D eigenvalue weighted by molar-refractivity contribution is -0.121. The predicted octanol–water partition coefficient (Wildman–Crippen LogP) is 2.82. The Kier molecular flexibility index (Phi) is 3.20. The highest BCUT2D eigenvalue weighted by Crippen LogP contribution is 2.17. The Morgan fingerprint density at radius 3 is 2.75 bits per heavy atom. The first-order valence-corrected chi connectivity index (χ1v) is 5.36. The monoisotopic (exact) mass is 214 g/mol. The van der Waals surface area contributed by atoms with Crippen LogP contribution in [0.5, 0.6) is 0 Å². The summed E-state index contributed by atoms with van der Waals surface area (Å²) in [7, 11) is 0. The van der Waals surface area contributed by atoms with E-state index in [0.717, 1.165) is 5.56 Å². The third-order valence-electron chi connectivity index (χ3n) is 2.69. The van der Waals surface area contributed by atoms with Crippen LogP contribution in [0.1, 0.15) is 12.5 Å². The van der Waals surface area contributed by atoms with Gasteiger partial charge in [0, 0.05) is 6.08 Å². The van der Waals surface area contributed by atoms with Crippen LogP contribution in [0.4, 0.5) is 0 Å². The van der Waals surface area contributed by atoms with Gasteiger partial charge >= 0.3 is 0 Å². The molecule has 0 saturated heterocycles. The molecule has 0 unspecified atom stereocenters. The number of benzene rings is 1. The molecule has 2 nitrogen and oxygen atoms in total. The maximum Gasteiger partial charge on any atom is 0.165 e. The van der Waals surface area contributed by atoms with Crippen LogP contribution < -0.4 is 0 Å². The number of allylic oxidation sites excluding steroid dienone is 1. The van der Waals surface area contributed by atoms with Crippen molar-refractivity contribution in [3.63, 3.8) is 0 Å². The van der Waals surface area contributed by atoms with Crippen molar-refractivity contribution in [2.45, 2.75) is 13.0 Å². The third kappa shape index (κ3) is 2.40. The van der Waals surface area contributed by atoms with Gasteiger partial charge in [-0.15, -0.1) is 0 Å². The molecule has 0 spiro atoms. The second-order valence-corrected chi connectivity index (χ2v) is 3.86.